The van der Waals surface area contributed by atoms with Gasteiger partial charge in [0.05, 0.1) is 5.92 Å². The molecule has 0 saturated heterocycles. The molecule has 1 saturated carbocycles. The molecule has 6 heteroatoms. The summed E-state index contributed by atoms with van der Waals surface area (Å²) in [5.41, 5.74) is -0.226. The lowest BCUT2D eigenvalue weighted by atomic mass is 9.84. The Labute approximate surface area is 83.6 Å². The third-order valence-corrected chi connectivity index (χ3v) is 2.49. The first-order chi connectivity index (χ1) is 6.82. The molecule has 0 amide bonds. The summed E-state index contributed by atoms with van der Waals surface area (Å²) in [6.45, 7) is 0. The number of carbonyl (C=O) groups is 1. The Morgan fingerprint density at radius 2 is 2.00 bits per heavy atom. The van der Waals surface area contributed by atoms with Crippen LogP contribution < -0.4 is 0 Å². The Morgan fingerprint density at radius 3 is 2.47 bits per heavy atom. The molecule has 1 atom stereocenters. The van der Waals surface area contributed by atoms with Crippen molar-refractivity contribution in [3.8, 4) is 0 Å². The summed E-state index contributed by atoms with van der Waals surface area (Å²) in [5, 5.41) is 8.31. The smallest absolute Gasteiger partial charge is 0.392 e. The molecule has 1 aliphatic rings. The monoisotopic (exact) mass is 226 g/mol. The van der Waals surface area contributed by atoms with Gasteiger partial charge in [-0.2, -0.15) is 17.6 Å². The topological polar surface area (TPSA) is 37.3 Å². The molecular formula is C9H10F4O2. The van der Waals surface area contributed by atoms with Crippen LogP contribution in [0.25, 0.3) is 0 Å². The predicted molar refractivity (Wildman–Crippen MR) is 43.8 cm³/mol. The maximum Gasteiger partial charge on any atom is 0.392 e. The van der Waals surface area contributed by atoms with E-state index in [0.717, 1.165) is 0 Å². The van der Waals surface area contributed by atoms with Crippen LogP contribution in [-0.4, -0.2) is 17.3 Å². The van der Waals surface area contributed by atoms with E-state index in [2.05, 4.69) is 0 Å². The van der Waals surface area contributed by atoms with Crippen LogP contribution in [0.4, 0.5) is 17.6 Å². The van der Waals surface area contributed by atoms with Crippen molar-refractivity contribution < 1.29 is 27.5 Å². The van der Waals surface area contributed by atoms with E-state index >= 15 is 0 Å². The molecule has 0 bridgehead atoms. The van der Waals surface area contributed by atoms with E-state index in [4.69, 9.17) is 5.11 Å². The van der Waals surface area contributed by atoms with Gasteiger partial charge < -0.3 is 5.11 Å². The minimum Gasteiger partial charge on any atom is -0.476 e. The number of rotatable bonds is 1. The standard InChI is InChI=1S/C9H10F4O2/c10-7(8(14)15)5-2-1-3-6(4-5)9(11,12)13/h6H,1-4H2,(H,14,15)/b7-5-. The van der Waals surface area contributed by atoms with E-state index in [9.17, 15) is 22.4 Å². The van der Waals surface area contributed by atoms with Gasteiger partial charge in [0.15, 0.2) is 0 Å². The van der Waals surface area contributed by atoms with Crippen molar-refractivity contribution in [2.75, 3.05) is 0 Å². The molecule has 0 aliphatic heterocycles. The second kappa shape index (κ2) is 4.20. The number of carboxylic acids is 1. The van der Waals surface area contributed by atoms with Gasteiger partial charge in [-0.25, -0.2) is 4.79 Å². The number of halogens is 4. The Kier molecular flexibility index (Phi) is 3.36. The first-order valence-electron chi connectivity index (χ1n) is 4.50. The van der Waals surface area contributed by atoms with Gasteiger partial charge in [-0.3, -0.25) is 0 Å². The summed E-state index contributed by atoms with van der Waals surface area (Å²) in [5.74, 6) is -4.82. The maximum absolute atomic E-state index is 12.9. The van der Waals surface area contributed by atoms with Crippen LogP contribution in [0, 0.1) is 5.92 Å². The first-order valence-corrected chi connectivity index (χ1v) is 4.50. The lowest BCUT2D eigenvalue weighted by Gasteiger charge is -2.26. The van der Waals surface area contributed by atoms with Crippen LogP contribution in [0.15, 0.2) is 11.4 Å². The highest BCUT2D eigenvalue weighted by Gasteiger charge is 2.41. The Hall–Kier alpha value is -1.07. The number of alkyl halides is 3. The molecule has 86 valence electrons. The molecule has 15 heavy (non-hydrogen) atoms. The summed E-state index contributed by atoms with van der Waals surface area (Å²) >= 11 is 0. The zero-order valence-electron chi connectivity index (χ0n) is 7.77. The van der Waals surface area contributed by atoms with E-state index in [0.29, 0.717) is 0 Å². The molecule has 1 N–H and O–H groups in total. The quantitative estimate of drug-likeness (QED) is 0.551. The van der Waals surface area contributed by atoms with Crippen molar-refractivity contribution in [1.29, 1.82) is 0 Å². The minimum atomic E-state index is -4.37. The van der Waals surface area contributed by atoms with Gasteiger partial charge in [-0.05, 0) is 31.3 Å². The average Bonchev–Trinajstić information content (AvgIpc) is 2.15. The molecule has 1 aliphatic carbocycles. The Morgan fingerprint density at radius 1 is 1.40 bits per heavy atom. The molecule has 0 aromatic carbocycles. The van der Waals surface area contributed by atoms with Gasteiger partial charge in [0.1, 0.15) is 0 Å². The molecule has 2 nitrogen and oxygen atoms in total. The minimum absolute atomic E-state index is 0.0557. The predicted octanol–water partition coefficient (Wildman–Crippen LogP) is 3.05. The normalized spacial score (nSPS) is 26.3. The van der Waals surface area contributed by atoms with Crippen molar-refractivity contribution in [2.45, 2.75) is 31.9 Å². The molecule has 0 aromatic rings. The molecule has 0 radical (unpaired) electrons. The van der Waals surface area contributed by atoms with Gasteiger partial charge in [-0.1, -0.05) is 0 Å². The Bertz CT molecular complexity index is 293. The van der Waals surface area contributed by atoms with E-state index in [1.807, 2.05) is 0 Å². The molecular weight excluding hydrogens is 216 g/mol. The molecule has 1 fully saturated rings. The molecule has 0 aromatic heterocycles. The van der Waals surface area contributed by atoms with Crippen molar-refractivity contribution in [3.63, 3.8) is 0 Å². The molecule has 0 spiro atoms. The molecule has 1 rings (SSSR count). The lowest BCUT2D eigenvalue weighted by Crippen LogP contribution is -2.26. The number of aliphatic carboxylic acids is 1. The number of hydrogen-bond donors (Lipinski definition) is 1. The zero-order valence-corrected chi connectivity index (χ0v) is 7.77. The average molecular weight is 226 g/mol. The van der Waals surface area contributed by atoms with Crippen LogP contribution in [-0.2, 0) is 4.79 Å². The largest absolute Gasteiger partial charge is 0.476 e. The number of hydrogen-bond acceptors (Lipinski definition) is 1. The second-order valence-corrected chi connectivity index (χ2v) is 3.56. The van der Waals surface area contributed by atoms with Gasteiger partial charge in [0.2, 0.25) is 5.83 Å². The van der Waals surface area contributed by atoms with Crippen LogP contribution in [0.5, 0.6) is 0 Å². The first kappa shape index (κ1) is 12.0. The van der Waals surface area contributed by atoms with E-state index in [1.165, 1.54) is 0 Å². The third-order valence-electron chi connectivity index (χ3n) is 2.49. The summed E-state index contributed by atoms with van der Waals surface area (Å²) in [6, 6.07) is 0. The number of allylic oxidation sites excluding steroid dienone is 1. The maximum atomic E-state index is 12.9. The van der Waals surface area contributed by atoms with Gasteiger partial charge >= 0.3 is 12.1 Å². The van der Waals surface area contributed by atoms with E-state index in [1.54, 1.807) is 0 Å². The fourth-order valence-corrected chi connectivity index (χ4v) is 1.69. The lowest BCUT2D eigenvalue weighted by molar-refractivity contribution is -0.178. The van der Waals surface area contributed by atoms with E-state index in [-0.39, 0.29) is 24.8 Å². The van der Waals surface area contributed by atoms with Gasteiger partial charge in [-0.15, -0.1) is 0 Å². The summed E-state index contributed by atoms with van der Waals surface area (Å²) < 4.78 is 49.7. The second-order valence-electron chi connectivity index (χ2n) is 3.56. The van der Waals surface area contributed by atoms with Crippen molar-refractivity contribution >= 4 is 5.97 Å². The van der Waals surface area contributed by atoms with Crippen molar-refractivity contribution in [1.82, 2.24) is 0 Å². The highest BCUT2D eigenvalue weighted by molar-refractivity contribution is 5.84. The summed E-state index contributed by atoms with van der Waals surface area (Å²) in [6.07, 6.45) is -4.67. The van der Waals surface area contributed by atoms with Crippen molar-refractivity contribution in [3.05, 3.63) is 11.4 Å². The van der Waals surface area contributed by atoms with Gasteiger partial charge in [0.25, 0.3) is 0 Å². The number of carboxylic acid groups (broad SMARTS) is 1. The molecule has 0 heterocycles. The van der Waals surface area contributed by atoms with Crippen LogP contribution in [0.1, 0.15) is 25.7 Å². The SMILES string of the molecule is O=C(O)/C(F)=C1\CCCC(C(F)(F)F)C1. The zero-order chi connectivity index (χ0) is 11.6. The van der Waals surface area contributed by atoms with Crippen molar-refractivity contribution in [2.24, 2.45) is 5.92 Å². The van der Waals surface area contributed by atoms with Crippen LogP contribution >= 0.6 is 0 Å². The van der Waals surface area contributed by atoms with Crippen LogP contribution in [0.3, 0.4) is 0 Å². The Balaban J connectivity index is 2.81. The van der Waals surface area contributed by atoms with Crippen LogP contribution in [0.2, 0.25) is 0 Å². The fourth-order valence-electron chi connectivity index (χ4n) is 1.69. The van der Waals surface area contributed by atoms with E-state index < -0.39 is 30.3 Å². The summed E-state index contributed by atoms with van der Waals surface area (Å²) in [7, 11) is 0. The highest BCUT2D eigenvalue weighted by Crippen LogP contribution is 2.40. The third kappa shape index (κ3) is 2.94. The summed E-state index contributed by atoms with van der Waals surface area (Å²) in [4.78, 5) is 10.2. The molecule has 1 unspecified atom stereocenters. The fraction of sp³-hybridized carbons (Fsp3) is 0.667. The van der Waals surface area contributed by atoms with Gasteiger partial charge in [0, 0.05) is 0 Å². The highest BCUT2D eigenvalue weighted by atomic mass is 19.4.